The van der Waals surface area contributed by atoms with Gasteiger partial charge in [-0.15, -0.1) is 11.8 Å². The number of carbonyl (C=O) groups is 3. The molecule has 21 heavy (non-hydrogen) atoms. The van der Waals surface area contributed by atoms with Crippen LogP contribution in [0.25, 0.3) is 0 Å². The van der Waals surface area contributed by atoms with Crippen molar-refractivity contribution in [3.63, 3.8) is 0 Å². The molecule has 0 aromatic heterocycles. The molecule has 1 unspecified atom stereocenters. The van der Waals surface area contributed by atoms with Gasteiger partial charge in [0.05, 0.1) is 12.9 Å². The van der Waals surface area contributed by atoms with E-state index in [1.807, 2.05) is 0 Å². The van der Waals surface area contributed by atoms with Gasteiger partial charge in [0.2, 0.25) is 5.91 Å². The quantitative estimate of drug-likeness (QED) is 0.611. The van der Waals surface area contributed by atoms with Crippen molar-refractivity contribution in [3.05, 3.63) is 0 Å². The van der Waals surface area contributed by atoms with Gasteiger partial charge in [-0.2, -0.15) is 0 Å². The van der Waals surface area contributed by atoms with Crippen molar-refractivity contribution in [2.45, 2.75) is 44.2 Å². The third-order valence-electron chi connectivity index (χ3n) is 3.23. The number of imide groups is 1. The number of thioether (sulfide) groups is 1. The lowest BCUT2D eigenvalue weighted by molar-refractivity contribution is -0.141. The molecule has 0 heterocycles. The molecular formula is C13H23N3O4S. The van der Waals surface area contributed by atoms with Crippen LogP contribution in [0.15, 0.2) is 0 Å². The Hall–Kier alpha value is -1.28. The highest BCUT2D eigenvalue weighted by molar-refractivity contribution is 8.00. The molecule has 0 spiro atoms. The fourth-order valence-electron chi connectivity index (χ4n) is 2.13. The summed E-state index contributed by atoms with van der Waals surface area (Å²) in [6, 6.07) is -1.06. The van der Waals surface area contributed by atoms with E-state index in [1.165, 1.54) is 25.3 Å². The minimum Gasteiger partial charge on any atom is -0.468 e. The number of hydrogen-bond donors (Lipinski definition) is 3. The molecule has 0 saturated heterocycles. The first-order valence-electron chi connectivity index (χ1n) is 7.04. The summed E-state index contributed by atoms with van der Waals surface area (Å²) in [5.74, 6) is -0.573. The summed E-state index contributed by atoms with van der Waals surface area (Å²) in [4.78, 5) is 34.2. The molecule has 8 heteroatoms. The second-order valence-electron chi connectivity index (χ2n) is 5.00. The number of urea groups is 1. The maximum Gasteiger partial charge on any atom is 0.323 e. The normalized spacial score (nSPS) is 16.9. The van der Waals surface area contributed by atoms with E-state index in [9.17, 15) is 14.4 Å². The summed E-state index contributed by atoms with van der Waals surface area (Å²) < 4.78 is 4.48. The number of carbonyl (C=O) groups excluding carboxylic acids is 3. The third-order valence-corrected chi connectivity index (χ3v) is 4.29. The van der Waals surface area contributed by atoms with Gasteiger partial charge >= 0.3 is 12.0 Å². The van der Waals surface area contributed by atoms with Gasteiger partial charge in [-0.1, -0.05) is 19.3 Å². The molecule has 1 aliphatic rings. The van der Waals surface area contributed by atoms with Gasteiger partial charge in [0.15, 0.2) is 0 Å². The lowest BCUT2D eigenvalue weighted by Crippen LogP contribution is -2.45. The molecule has 120 valence electrons. The van der Waals surface area contributed by atoms with Crippen LogP contribution in [0, 0.1) is 0 Å². The van der Waals surface area contributed by atoms with E-state index >= 15 is 0 Å². The predicted octanol–water partition coefficient (Wildman–Crippen LogP) is 0.378. The molecule has 7 nitrogen and oxygen atoms in total. The van der Waals surface area contributed by atoms with Gasteiger partial charge in [-0.25, -0.2) is 4.79 Å². The average molecular weight is 317 g/mol. The number of hydrogen-bond acceptors (Lipinski definition) is 6. The topological polar surface area (TPSA) is 111 Å². The van der Waals surface area contributed by atoms with Crippen molar-refractivity contribution in [1.82, 2.24) is 10.6 Å². The summed E-state index contributed by atoms with van der Waals surface area (Å²) >= 11 is 1.18. The van der Waals surface area contributed by atoms with Gasteiger partial charge in [0.1, 0.15) is 6.04 Å². The maximum absolute atomic E-state index is 11.6. The minimum absolute atomic E-state index is 0.0722. The van der Waals surface area contributed by atoms with Gasteiger partial charge in [-0.3, -0.25) is 14.9 Å². The smallest absolute Gasteiger partial charge is 0.323 e. The van der Waals surface area contributed by atoms with E-state index in [0.717, 1.165) is 25.7 Å². The standard InChI is InChI=1S/C13H23N3O4S/c1-20-12(18)10(14)7-21-8-11(17)16-13(19)15-9-5-3-2-4-6-9/h9-10H,2-8,14H2,1H3,(H2,15,16,17,19). The zero-order valence-corrected chi connectivity index (χ0v) is 13.0. The highest BCUT2D eigenvalue weighted by atomic mass is 32.2. The van der Waals surface area contributed by atoms with E-state index in [4.69, 9.17) is 5.73 Å². The number of amides is 3. The summed E-state index contributed by atoms with van der Waals surface area (Å²) in [7, 11) is 1.26. The first-order chi connectivity index (χ1) is 10.0. The second kappa shape index (κ2) is 9.62. The Morgan fingerprint density at radius 3 is 2.57 bits per heavy atom. The molecular weight excluding hydrogens is 294 g/mol. The van der Waals surface area contributed by atoms with Gasteiger partial charge in [0.25, 0.3) is 0 Å². The molecule has 1 fully saturated rings. The number of nitrogens with two attached hydrogens (primary N) is 1. The first-order valence-corrected chi connectivity index (χ1v) is 8.20. The summed E-state index contributed by atoms with van der Waals surface area (Å²) in [6.07, 6.45) is 5.35. The average Bonchev–Trinajstić information content (AvgIpc) is 2.47. The van der Waals surface area contributed by atoms with Crippen LogP contribution in [0.1, 0.15) is 32.1 Å². The molecule has 1 saturated carbocycles. The molecule has 4 N–H and O–H groups in total. The molecule has 0 radical (unpaired) electrons. The van der Waals surface area contributed by atoms with Crippen molar-refractivity contribution in [1.29, 1.82) is 0 Å². The molecule has 3 amide bonds. The van der Waals surface area contributed by atoms with Crippen LogP contribution in [0.4, 0.5) is 4.79 Å². The monoisotopic (exact) mass is 317 g/mol. The lowest BCUT2D eigenvalue weighted by atomic mass is 9.96. The molecule has 0 bridgehead atoms. The fourth-order valence-corrected chi connectivity index (χ4v) is 2.89. The van der Waals surface area contributed by atoms with E-state index < -0.39 is 23.9 Å². The molecule has 0 aromatic rings. The Bertz CT molecular complexity index is 372. The number of rotatable bonds is 6. The summed E-state index contributed by atoms with van der Waals surface area (Å²) in [6.45, 7) is 0. The third kappa shape index (κ3) is 7.33. The largest absolute Gasteiger partial charge is 0.468 e. The van der Waals surface area contributed by atoms with Crippen LogP contribution in [-0.2, 0) is 14.3 Å². The fraction of sp³-hybridized carbons (Fsp3) is 0.769. The van der Waals surface area contributed by atoms with Crippen molar-refractivity contribution in [3.8, 4) is 0 Å². The SMILES string of the molecule is COC(=O)C(N)CSCC(=O)NC(=O)NC1CCCCC1. The van der Waals surface area contributed by atoms with Crippen molar-refractivity contribution >= 4 is 29.7 Å². The Morgan fingerprint density at radius 2 is 1.95 bits per heavy atom. The van der Waals surface area contributed by atoms with Crippen LogP contribution in [-0.4, -0.2) is 48.6 Å². The van der Waals surface area contributed by atoms with Crippen LogP contribution < -0.4 is 16.4 Å². The predicted molar refractivity (Wildman–Crippen MR) is 80.9 cm³/mol. The van der Waals surface area contributed by atoms with E-state index in [-0.39, 0.29) is 17.5 Å². The number of nitrogens with one attached hydrogen (secondary N) is 2. The Balaban J connectivity index is 2.14. The van der Waals surface area contributed by atoms with Crippen LogP contribution in [0.2, 0.25) is 0 Å². The lowest BCUT2D eigenvalue weighted by Gasteiger charge is -2.22. The molecule has 1 atom stereocenters. The number of methoxy groups -OCH3 is 1. The minimum atomic E-state index is -0.760. The van der Waals surface area contributed by atoms with E-state index in [1.54, 1.807) is 0 Å². The van der Waals surface area contributed by atoms with E-state index in [2.05, 4.69) is 15.4 Å². The van der Waals surface area contributed by atoms with Gasteiger partial charge in [-0.05, 0) is 12.8 Å². The van der Waals surface area contributed by atoms with Crippen LogP contribution in [0.5, 0.6) is 0 Å². The van der Waals surface area contributed by atoms with Crippen LogP contribution >= 0.6 is 11.8 Å². The van der Waals surface area contributed by atoms with E-state index in [0.29, 0.717) is 0 Å². The Morgan fingerprint density at radius 1 is 1.29 bits per heavy atom. The van der Waals surface area contributed by atoms with Gasteiger partial charge in [0, 0.05) is 11.8 Å². The highest BCUT2D eigenvalue weighted by Gasteiger charge is 2.18. The first kappa shape index (κ1) is 17.8. The maximum atomic E-state index is 11.6. The van der Waals surface area contributed by atoms with Crippen LogP contribution in [0.3, 0.4) is 0 Å². The summed E-state index contributed by atoms with van der Waals surface area (Å²) in [5.41, 5.74) is 5.53. The second-order valence-corrected chi connectivity index (χ2v) is 6.03. The van der Waals surface area contributed by atoms with Gasteiger partial charge < -0.3 is 15.8 Å². The molecule has 0 aromatic carbocycles. The number of ether oxygens (including phenoxy) is 1. The Kier molecular flexibility index (Phi) is 8.14. The van der Waals surface area contributed by atoms with Crippen molar-refractivity contribution in [2.24, 2.45) is 5.73 Å². The van der Waals surface area contributed by atoms with Crippen molar-refractivity contribution in [2.75, 3.05) is 18.6 Å². The van der Waals surface area contributed by atoms with Crippen molar-refractivity contribution < 1.29 is 19.1 Å². The summed E-state index contributed by atoms with van der Waals surface area (Å²) in [5, 5.41) is 5.07. The zero-order chi connectivity index (χ0) is 15.7. The zero-order valence-electron chi connectivity index (χ0n) is 12.2. The Labute approximate surface area is 128 Å². The molecule has 1 aliphatic carbocycles. The molecule has 1 rings (SSSR count). The number of esters is 1. The molecule has 0 aliphatic heterocycles. The highest BCUT2D eigenvalue weighted by Crippen LogP contribution is 2.17.